The minimum atomic E-state index is 0.620. The summed E-state index contributed by atoms with van der Waals surface area (Å²) in [6.45, 7) is 2.41. The molecule has 3 aliphatic rings. The zero-order valence-electron chi connectivity index (χ0n) is 11.6. The van der Waals surface area contributed by atoms with Crippen LogP contribution in [-0.4, -0.2) is 30.1 Å². The summed E-state index contributed by atoms with van der Waals surface area (Å²) >= 11 is 0. The molecule has 102 valence electrons. The summed E-state index contributed by atoms with van der Waals surface area (Å²) in [5, 5.41) is 3.19. The fourth-order valence-electron chi connectivity index (χ4n) is 3.69. The van der Waals surface area contributed by atoms with E-state index >= 15 is 0 Å². The fraction of sp³-hybridized carbons (Fsp3) is 0.733. The highest BCUT2D eigenvalue weighted by molar-refractivity contribution is 5.50. The molecule has 2 aliphatic carbocycles. The van der Waals surface area contributed by atoms with E-state index in [9.17, 15) is 0 Å². The first-order chi connectivity index (χ1) is 9.33. The van der Waals surface area contributed by atoms with Gasteiger partial charge in [-0.05, 0) is 37.5 Å². The number of nitrogens with one attached hydrogen (secondary N) is 1. The van der Waals surface area contributed by atoms with E-state index in [-0.39, 0.29) is 0 Å². The Morgan fingerprint density at radius 2 is 1.84 bits per heavy atom. The molecular weight excluding hydrogens is 236 g/mol. The molecule has 4 rings (SSSR count). The largest absolute Gasteiger partial charge is 0.373 e. The maximum atomic E-state index is 4.83. The SMILES string of the molecule is CNc1cc(N2CC3CCCC3C2)nc(C2CC2)n1. The molecule has 1 aliphatic heterocycles. The molecule has 1 aromatic rings. The Morgan fingerprint density at radius 3 is 2.47 bits per heavy atom. The third kappa shape index (κ3) is 2.07. The molecular formula is C15H22N4. The second-order valence-corrected chi connectivity index (χ2v) is 6.35. The minimum Gasteiger partial charge on any atom is -0.373 e. The minimum absolute atomic E-state index is 0.620. The summed E-state index contributed by atoms with van der Waals surface area (Å²) in [4.78, 5) is 11.9. The molecule has 1 N–H and O–H groups in total. The van der Waals surface area contributed by atoms with Crippen LogP contribution in [0.15, 0.2) is 6.07 Å². The van der Waals surface area contributed by atoms with E-state index < -0.39 is 0 Å². The summed E-state index contributed by atoms with van der Waals surface area (Å²) in [5.74, 6) is 5.63. The predicted molar refractivity (Wildman–Crippen MR) is 76.6 cm³/mol. The Morgan fingerprint density at radius 1 is 1.11 bits per heavy atom. The van der Waals surface area contributed by atoms with Crippen molar-refractivity contribution in [3.8, 4) is 0 Å². The van der Waals surface area contributed by atoms with Gasteiger partial charge in [-0.1, -0.05) is 6.42 Å². The van der Waals surface area contributed by atoms with E-state index in [0.29, 0.717) is 5.92 Å². The van der Waals surface area contributed by atoms with Crippen molar-refractivity contribution in [3.63, 3.8) is 0 Å². The third-order valence-corrected chi connectivity index (χ3v) is 4.98. The quantitative estimate of drug-likeness (QED) is 0.905. The van der Waals surface area contributed by atoms with Gasteiger partial charge in [0.25, 0.3) is 0 Å². The lowest BCUT2D eigenvalue weighted by atomic mass is 10.0. The Hall–Kier alpha value is -1.32. The fourth-order valence-corrected chi connectivity index (χ4v) is 3.69. The Bertz CT molecular complexity index is 471. The molecule has 0 spiro atoms. The highest BCUT2D eigenvalue weighted by Gasteiger charge is 2.37. The molecule has 19 heavy (non-hydrogen) atoms. The lowest BCUT2D eigenvalue weighted by molar-refractivity contribution is 0.494. The van der Waals surface area contributed by atoms with Crippen molar-refractivity contribution in [3.05, 3.63) is 11.9 Å². The van der Waals surface area contributed by atoms with Gasteiger partial charge in [0.05, 0.1) is 0 Å². The van der Waals surface area contributed by atoms with Crippen LogP contribution in [-0.2, 0) is 0 Å². The van der Waals surface area contributed by atoms with E-state index in [1.54, 1.807) is 0 Å². The van der Waals surface area contributed by atoms with Crippen LogP contribution in [0.4, 0.5) is 11.6 Å². The Labute approximate surface area is 114 Å². The van der Waals surface area contributed by atoms with Crippen LogP contribution in [0.2, 0.25) is 0 Å². The third-order valence-electron chi connectivity index (χ3n) is 4.98. The molecule has 0 bridgehead atoms. The van der Waals surface area contributed by atoms with Crippen LogP contribution >= 0.6 is 0 Å². The van der Waals surface area contributed by atoms with E-state index in [2.05, 4.69) is 21.3 Å². The first kappa shape index (κ1) is 11.5. The molecule has 1 aromatic heterocycles. The number of nitrogens with zero attached hydrogens (tertiary/aromatic N) is 3. The first-order valence-electron chi connectivity index (χ1n) is 7.65. The van der Waals surface area contributed by atoms with Crippen molar-refractivity contribution < 1.29 is 0 Å². The van der Waals surface area contributed by atoms with Gasteiger partial charge in [-0.25, -0.2) is 9.97 Å². The van der Waals surface area contributed by atoms with Gasteiger partial charge >= 0.3 is 0 Å². The normalized spacial score (nSPS) is 29.6. The lowest BCUT2D eigenvalue weighted by Gasteiger charge is -2.19. The van der Waals surface area contributed by atoms with E-state index in [1.807, 2.05) is 7.05 Å². The molecule has 0 aromatic carbocycles. The molecule has 4 heteroatoms. The van der Waals surface area contributed by atoms with Crippen molar-refractivity contribution in [2.75, 3.05) is 30.4 Å². The predicted octanol–water partition coefficient (Wildman–Crippen LogP) is 2.63. The standard InChI is InChI=1S/C15H22N4/c1-16-13-7-14(18-15(17-13)10-5-6-10)19-8-11-3-2-4-12(11)9-19/h7,10-12H,2-6,8-9H2,1H3,(H,16,17,18). The summed E-state index contributed by atoms with van der Waals surface area (Å²) in [6, 6.07) is 2.12. The van der Waals surface area contributed by atoms with Crippen LogP contribution in [0, 0.1) is 11.8 Å². The maximum Gasteiger partial charge on any atom is 0.136 e. The van der Waals surface area contributed by atoms with Gasteiger partial charge in [0.1, 0.15) is 17.5 Å². The summed E-state index contributed by atoms with van der Waals surface area (Å²) in [7, 11) is 1.95. The van der Waals surface area contributed by atoms with Crippen molar-refractivity contribution >= 4 is 11.6 Å². The van der Waals surface area contributed by atoms with Crippen LogP contribution in [0.1, 0.15) is 43.8 Å². The topological polar surface area (TPSA) is 41.0 Å². The number of anilines is 2. The van der Waals surface area contributed by atoms with Gasteiger partial charge < -0.3 is 10.2 Å². The summed E-state index contributed by atoms with van der Waals surface area (Å²) in [5.41, 5.74) is 0. The van der Waals surface area contributed by atoms with Crippen molar-refractivity contribution in [1.29, 1.82) is 0 Å². The number of aromatic nitrogens is 2. The van der Waals surface area contributed by atoms with E-state index in [4.69, 9.17) is 4.98 Å². The van der Waals surface area contributed by atoms with Crippen LogP contribution < -0.4 is 10.2 Å². The van der Waals surface area contributed by atoms with Crippen molar-refractivity contribution in [1.82, 2.24) is 9.97 Å². The van der Waals surface area contributed by atoms with Gasteiger partial charge in [-0.3, -0.25) is 0 Å². The molecule has 2 atom stereocenters. The zero-order valence-corrected chi connectivity index (χ0v) is 11.6. The Balaban J connectivity index is 1.61. The van der Waals surface area contributed by atoms with Crippen LogP contribution in [0.3, 0.4) is 0 Å². The first-order valence-corrected chi connectivity index (χ1v) is 7.65. The number of hydrogen-bond acceptors (Lipinski definition) is 4. The second-order valence-electron chi connectivity index (χ2n) is 6.35. The molecule has 1 saturated heterocycles. The molecule has 0 radical (unpaired) electrons. The maximum absolute atomic E-state index is 4.83. The van der Waals surface area contributed by atoms with Gasteiger partial charge in [-0.2, -0.15) is 0 Å². The van der Waals surface area contributed by atoms with E-state index in [0.717, 1.165) is 29.3 Å². The zero-order chi connectivity index (χ0) is 12.8. The highest BCUT2D eigenvalue weighted by Crippen LogP contribution is 2.41. The van der Waals surface area contributed by atoms with Crippen molar-refractivity contribution in [2.24, 2.45) is 11.8 Å². The van der Waals surface area contributed by atoms with E-state index in [1.165, 1.54) is 45.2 Å². The van der Waals surface area contributed by atoms with Crippen LogP contribution in [0.5, 0.6) is 0 Å². The molecule has 3 fully saturated rings. The molecule has 4 nitrogen and oxygen atoms in total. The van der Waals surface area contributed by atoms with Crippen molar-refractivity contribution in [2.45, 2.75) is 38.0 Å². The lowest BCUT2D eigenvalue weighted by Crippen LogP contribution is -2.22. The average Bonchev–Trinajstić information content (AvgIpc) is 3.06. The Kier molecular flexibility index (Phi) is 2.64. The molecule has 0 amide bonds. The van der Waals surface area contributed by atoms with Gasteiger partial charge in [0.15, 0.2) is 0 Å². The average molecular weight is 258 g/mol. The molecule has 2 saturated carbocycles. The monoisotopic (exact) mass is 258 g/mol. The number of fused-ring (bicyclic) bond motifs is 1. The van der Waals surface area contributed by atoms with Gasteiger partial charge in [0.2, 0.25) is 0 Å². The smallest absolute Gasteiger partial charge is 0.136 e. The highest BCUT2D eigenvalue weighted by atomic mass is 15.2. The summed E-state index contributed by atoms with van der Waals surface area (Å²) in [6.07, 6.45) is 6.79. The summed E-state index contributed by atoms with van der Waals surface area (Å²) < 4.78 is 0. The van der Waals surface area contributed by atoms with Crippen LogP contribution in [0.25, 0.3) is 0 Å². The second kappa shape index (κ2) is 4.36. The molecule has 2 unspecified atom stereocenters. The van der Waals surface area contributed by atoms with Gasteiger partial charge in [-0.15, -0.1) is 0 Å². The molecule has 2 heterocycles. The number of hydrogen-bond donors (Lipinski definition) is 1. The number of rotatable bonds is 3. The van der Waals surface area contributed by atoms with Gasteiger partial charge in [0, 0.05) is 32.1 Å².